The fourth-order valence-electron chi connectivity index (χ4n) is 1.07. The average molecular weight is 152 g/mol. The number of rotatable bonds is 3. The van der Waals surface area contributed by atoms with Crippen LogP contribution < -0.4 is 0 Å². The van der Waals surface area contributed by atoms with Crippen LogP contribution in [-0.2, 0) is 6.42 Å². The average Bonchev–Trinajstić information content (AvgIpc) is 2.01. The van der Waals surface area contributed by atoms with Gasteiger partial charge >= 0.3 is 0 Å². The van der Waals surface area contributed by atoms with Crippen molar-refractivity contribution in [3.8, 4) is 0 Å². The molecule has 1 rings (SSSR count). The van der Waals surface area contributed by atoms with Crippen molar-refractivity contribution in [3.05, 3.63) is 35.6 Å². The minimum absolute atomic E-state index is 0.126. The van der Waals surface area contributed by atoms with Crippen molar-refractivity contribution in [2.45, 2.75) is 26.2 Å². The topological polar surface area (TPSA) is 0 Å². The molecule has 0 fully saturated rings. The van der Waals surface area contributed by atoms with E-state index in [1.807, 2.05) is 6.07 Å². The molecule has 11 heavy (non-hydrogen) atoms. The second kappa shape index (κ2) is 4.12. The van der Waals surface area contributed by atoms with Crippen LogP contribution in [0.15, 0.2) is 24.3 Å². The van der Waals surface area contributed by atoms with Gasteiger partial charge in [-0.05, 0) is 30.5 Å². The van der Waals surface area contributed by atoms with Crippen LogP contribution in [0.1, 0.15) is 25.3 Å². The van der Waals surface area contributed by atoms with E-state index in [-0.39, 0.29) is 5.82 Å². The maximum Gasteiger partial charge on any atom is 0.123 e. The molecule has 0 nitrogen and oxygen atoms in total. The van der Waals surface area contributed by atoms with Crippen LogP contribution in [0.2, 0.25) is 0 Å². The smallest absolute Gasteiger partial charge is 0.123 e. The van der Waals surface area contributed by atoms with Gasteiger partial charge in [0, 0.05) is 0 Å². The monoisotopic (exact) mass is 152 g/mol. The highest BCUT2D eigenvalue weighted by Crippen LogP contribution is 2.06. The Hall–Kier alpha value is -0.850. The lowest BCUT2D eigenvalue weighted by molar-refractivity contribution is 0.624. The Labute approximate surface area is 67.1 Å². The molecule has 0 radical (unpaired) electrons. The van der Waals surface area contributed by atoms with Crippen molar-refractivity contribution < 1.29 is 4.39 Å². The summed E-state index contributed by atoms with van der Waals surface area (Å²) in [6.07, 6.45) is 3.30. The molecule has 0 heterocycles. The molecule has 0 aliphatic carbocycles. The standard InChI is InChI=1S/C10H13F/c1-2-3-5-9-6-4-7-10(11)8-9/h4,6-8H,2-3,5H2,1H3. The molecule has 0 saturated carbocycles. The number of unbranched alkanes of at least 4 members (excludes halogenated alkanes) is 1. The summed E-state index contributed by atoms with van der Waals surface area (Å²) in [4.78, 5) is 0. The molecular formula is C10H13F. The quantitative estimate of drug-likeness (QED) is 0.624. The third-order valence-electron chi connectivity index (χ3n) is 1.71. The SMILES string of the molecule is CCCCc1cccc(F)c1. The summed E-state index contributed by atoms with van der Waals surface area (Å²) in [6.45, 7) is 2.14. The van der Waals surface area contributed by atoms with Crippen LogP contribution in [0.3, 0.4) is 0 Å². The zero-order valence-electron chi connectivity index (χ0n) is 6.81. The first-order valence-electron chi connectivity index (χ1n) is 4.07. The lowest BCUT2D eigenvalue weighted by Gasteiger charge is -1.98. The van der Waals surface area contributed by atoms with Gasteiger partial charge in [0.15, 0.2) is 0 Å². The molecule has 0 aliphatic rings. The number of hydrogen-bond donors (Lipinski definition) is 0. The van der Waals surface area contributed by atoms with E-state index in [9.17, 15) is 4.39 Å². The number of aryl methyl sites for hydroxylation is 1. The van der Waals surface area contributed by atoms with Gasteiger partial charge in [0.25, 0.3) is 0 Å². The number of benzene rings is 1. The van der Waals surface area contributed by atoms with Crippen molar-refractivity contribution in [2.75, 3.05) is 0 Å². The van der Waals surface area contributed by atoms with Crippen LogP contribution in [-0.4, -0.2) is 0 Å². The van der Waals surface area contributed by atoms with Crippen LogP contribution in [0.25, 0.3) is 0 Å². The van der Waals surface area contributed by atoms with Gasteiger partial charge in [-0.15, -0.1) is 0 Å². The summed E-state index contributed by atoms with van der Waals surface area (Å²) in [7, 11) is 0. The maximum absolute atomic E-state index is 12.6. The second-order valence-electron chi connectivity index (χ2n) is 2.73. The van der Waals surface area contributed by atoms with E-state index in [4.69, 9.17) is 0 Å². The van der Waals surface area contributed by atoms with E-state index in [1.165, 1.54) is 6.07 Å². The molecule has 0 atom stereocenters. The molecule has 0 unspecified atom stereocenters. The third kappa shape index (κ3) is 2.71. The molecule has 0 amide bonds. The van der Waals surface area contributed by atoms with Crippen LogP contribution in [0.5, 0.6) is 0 Å². The Bertz CT molecular complexity index is 218. The van der Waals surface area contributed by atoms with E-state index in [0.717, 1.165) is 24.8 Å². The van der Waals surface area contributed by atoms with Gasteiger partial charge < -0.3 is 0 Å². The summed E-state index contributed by atoms with van der Waals surface area (Å²) in [5, 5.41) is 0. The fraction of sp³-hybridized carbons (Fsp3) is 0.400. The van der Waals surface area contributed by atoms with Crippen molar-refractivity contribution >= 4 is 0 Å². The van der Waals surface area contributed by atoms with Gasteiger partial charge in [-0.3, -0.25) is 0 Å². The predicted molar refractivity (Wildman–Crippen MR) is 45.0 cm³/mol. The van der Waals surface area contributed by atoms with E-state index in [1.54, 1.807) is 12.1 Å². The normalized spacial score (nSPS) is 10.0. The van der Waals surface area contributed by atoms with E-state index in [2.05, 4.69) is 6.92 Å². The molecule has 1 aromatic rings. The number of halogens is 1. The summed E-state index contributed by atoms with van der Waals surface area (Å²) >= 11 is 0. The molecule has 0 saturated heterocycles. The van der Waals surface area contributed by atoms with E-state index in [0.29, 0.717) is 0 Å². The largest absolute Gasteiger partial charge is 0.207 e. The van der Waals surface area contributed by atoms with Gasteiger partial charge in [-0.25, -0.2) is 4.39 Å². The van der Waals surface area contributed by atoms with Gasteiger partial charge in [0.05, 0.1) is 0 Å². The van der Waals surface area contributed by atoms with Gasteiger partial charge in [-0.2, -0.15) is 0 Å². The fourth-order valence-corrected chi connectivity index (χ4v) is 1.07. The lowest BCUT2D eigenvalue weighted by atomic mass is 10.1. The van der Waals surface area contributed by atoms with Crippen molar-refractivity contribution in [1.29, 1.82) is 0 Å². The second-order valence-corrected chi connectivity index (χ2v) is 2.73. The predicted octanol–water partition coefficient (Wildman–Crippen LogP) is 3.17. The van der Waals surface area contributed by atoms with Crippen LogP contribution in [0, 0.1) is 5.82 Å². The molecule has 1 aromatic carbocycles. The van der Waals surface area contributed by atoms with Crippen molar-refractivity contribution in [3.63, 3.8) is 0 Å². The molecule has 0 aliphatic heterocycles. The minimum atomic E-state index is -0.126. The Morgan fingerprint density at radius 2 is 2.18 bits per heavy atom. The first-order chi connectivity index (χ1) is 5.33. The first-order valence-corrected chi connectivity index (χ1v) is 4.07. The number of hydrogen-bond acceptors (Lipinski definition) is 0. The molecule has 0 spiro atoms. The maximum atomic E-state index is 12.6. The molecule has 60 valence electrons. The van der Waals surface area contributed by atoms with E-state index >= 15 is 0 Å². The molecule has 1 heteroatoms. The van der Waals surface area contributed by atoms with E-state index < -0.39 is 0 Å². The van der Waals surface area contributed by atoms with Gasteiger partial charge in [-0.1, -0.05) is 25.5 Å². The summed E-state index contributed by atoms with van der Waals surface area (Å²) in [5.74, 6) is -0.126. The summed E-state index contributed by atoms with van der Waals surface area (Å²) in [6, 6.07) is 6.82. The molecule has 0 bridgehead atoms. The zero-order chi connectivity index (χ0) is 8.10. The van der Waals surface area contributed by atoms with Crippen LogP contribution >= 0.6 is 0 Å². The Morgan fingerprint density at radius 1 is 1.36 bits per heavy atom. The Morgan fingerprint density at radius 3 is 2.82 bits per heavy atom. The van der Waals surface area contributed by atoms with Crippen LogP contribution in [0.4, 0.5) is 4.39 Å². The highest BCUT2D eigenvalue weighted by Gasteiger charge is 1.93. The zero-order valence-corrected chi connectivity index (χ0v) is 6.81. The molecular weight excluding hydrogens is 139 g/mol. The Balaban J connectivity index is 2.56. The van der Waals surface area contributed by atoms with Crippen molar-refractivity contribution in [1.82, 2.24) is 0 Å². The first kappa shape index (κ1) is 8.25. The van der Waals surface area contributed by atoms with Crippen molar-refractivity contribution in [2.24, 2.45) is 0 Å². The third-order valence-corrected chi connectivity index (χ3v) is 1.71. The van der Waals surface area contributed by atoms with Gasteiger partial charge in [0.1, 0.15) is 5.82 Å². The molecule has 0 N–H and O–H groups in total. The summed E-state index contributed by atoms with van der Waals surface area (Å²) in [5.41, 5.74) is 1.10. The van der Waals surface area contributed by atoms with Gasteiger partial charge in [0.2, 0.25) is 0 Å². The highest BCUT2D eigenvalue weighted by molar-refractivity contribution is 5.16. The molecule has 0 aromatic heterocycles. The Kier molecular flexibility index (Phi) is 3.09. The lowest BCUT2D eigenvalue weighted by Crippen LogP contribution is -1.84. The summed E-state index contributed by atoms with van der Waals surface area (Å²) < 4.78 is 12.6. The highest BCUT2D eigenvalue weighted by atomic mass is 19.1. The minimum Gasteiger partial charge on any atom is -0.207 e.